The number of ketones is 1. The maximum absolute atomic E-state index is 12.4. The quantitative estimate of drug-likeness (QED) is 0.388. The van der Waals surface area contributed by atoms with Crippen LogP contribution in [0.3, 0.4) is 0 Å². The molecule has 2 aromatic heterocycles. The molecule has 0 atom stereocenters. The predicted molar refractivity (Wildman–Crippen MR) is 105 cm³/mol. The standard InChI is InChI=1S/C18H16BrN3OS2/c19-14-8-9-24-16(14)15(23)11-25-18-21-20-17(13-6-7-13)22(18)10-12-4-2-1-3-5-12/h1-5,8-9,13H,6-7,10-11H2. The van der Waals surface area contributed by atoms with E-state index in [1.807, 2.05) is 29.6 Å². The second-order valence-corrected chi connectivity index (χ2v) is 8.71. The molecule has 1 fully saturated rings. The molecule has 0 spiro atoms. The van der Waals surface area contributed by atoms with Crippen molar-refractivity contribution < 1.29 is 4.79 Å². The normalized spacial score (nSPS) is 14.0. The molecule has 25 heavy (non-hydrogen) atoms. The van der Waals surface area contributed by atoms with Crippen LogP contribution < -0.4 is 0 Å². The van der Waals surface area contributed by atoms with Gasteiger partial charge in [-0.05, 0) is 45.8 Å². The van der Waals surface area contributed by atoms with Crippen LogP contribution in [-0.4, -0.2) is 26.3 Å². The van der Waals surface area contributed by atoms with Crippen LogP contribution in [0, 0.1) is 0 Å². The summed E-state index contributed by atoms with van der Waals surface area (Å²) in [5.74, 6) is 2.06. The molecule has 0 radical (unpaired) electrons. The first-order valence-electron chi connectivity index (χ1n) is 8.08. The third-order valence-corrected chi connectivity index (χ3v) is 6.92. The lowest BCUT2D eigenvalue weighted by molar-refractivity contribution is 0.102. The molecule has 4 rings (SSSR count). The highest BCUT2D eigenvalue weighted by atomic mass is 79.9. The van der Waals surface area contributed by atoms with Gasteiger partial charge in [0.1, 0.15) is 5.82 Å². The lowest BCUT2D eigenvalue weighted by Gasteiger charge is -2.09. The van der Waals surface area contributed by atoms with Gasteiger partial charge in [-0.2, -0.15) is 0 Å². The number of rotatable bonds is 7. The molecule has 4 nitrogen and oxygen atoms in total. The summed E-state index contributed by atoms with van der Waals surface area (Å²) in [7, 11) is 0. The van der Waals surface area contributed by atoms with Crippen LogP contribution in [0.5, 0.6) is 0 Å². The van der Waals surface area contributed by atoms with E-state index in [4.69, 9.17) is 0 Å². The van der Waals surface area contributed by atoms with E-state index in [1.165, 1.54) is 41.5 Å². The van der Waals surface area contributed by atoms with Crippen molar-refractivity contribution in [3.05, 3.63) is 62.5 Å². The van der Waals surface area contributed by atoms with E-state index in [2.05, 4.69) is 42.8 Å². The highest BCUT2D eigenvalue weighted by Gasteiger charge is 2.30. The highest BCUT2D eigenvalue weighted by molar-refractivity contribution is 9.10. The molecule has 2 heterocycles. The van der Waals surface area contributed by atoms with Gasteiger partial charge in [0.15, 0.2) is 10.9 Å². The van der Waals surface area contributed by atoms with Crippen LogP contribution in [0.2, 0.25) is 0 Å². The van der Waals surface area contributed by atoms with E-state index < -0.39 is 0 Å². The summed E-state index contributed by atoms with van der Waals surface area (Å²) in [6.45, 7) is 0.749. The van der Waals surface area contributed by atoms with E-state index in [0.29, 0.717) is 11.7 Å². The molecule has 0 amide bonds. The molecule has 3 aromatic rings. The molecular weight excluding hydrogens is 418 g/mol. The number of Topliss-reactive ketones (excluding diaryl/α,β-unsaturated/α-hetero) is 1. The minimum absolute atomic E-state index is 0.120. The number of thioether (sulfide) groups is 1. The summed E-state index contributed by atoms with van der Waals surface area (Å²) in [5, 5.41) is 11.5. The number of benzene rings is 1. The zero-order valence-electron chi connectivity index (χ0n) is 13.4. The summed E-state index contributed by atoms with van der Waals surface area (Å²) in [4.78, 5) is 13.2. The van der Waals surface area contributed by atoms with Gasteiger partial charge >= 0.3 is 0 Å². The molecule has 0 bridgehead atoms. The monoisotopic (exact) mass is 433 g/mol. The predicted octanol–water partition coefficient (Wildman–Crippen LogP) is 5.00. The summed E-state index contributed by atoms with van der Waals surface area (Å²) in [6.07, 6.45) is 2.36. The number of carbonyl (C=O) groups excluding carboxylic acids is 1. The lowest BCUT2D eigenvalue weighted by atomic mass is 10.2. The van der Waals surface area contributed by atoms with Crippen molar-refractivity contribution in [2.75, 3.05) is 5.75 Å². The molecule has 1 aliphatic rings. The fraction of sp³-hybridized carbons (Fsp3) is 0.278. The van der Waals surface area contributed by atoms with Crippen molar-refractivity contribution in [1.29, 1.82) is 0 Å². The van der Waals surface area contributed by atoms with Crippen molar-refractivity contribution in [3.63, 3.8) is 0 Å². The Morgan fingerprint density at radius 3 is 2.72 bits per heavy atom. The lowest BCUT2D eigenvalue weighted by Crippen LogP contribution is -2.07. The van der Waals surface area contributed by atoms with Gasteiger partial charge < -0.3 is 4.57 Å². The van der Waals surface area contributed by atoms with Gasteiger partial charge in [-0.1, -0.05) is 42.1 Å². The summed E-state index contributed by atoms with van der Waals surface area (Å²) in [6, 6.07) is 12.2. The van der Waals surface area contributed by atoms with Crippen LogP contribution in [0.25, 0.3) is 0 Å². The molecule has 0 N–H and O–H groups in total. The Labute approximate surface area is 162 Å². The van der Waals surface area contributed by atoms with Gasteiger partial charge in [-0.3, -0.25) is 4.79 Å². The van der Waals surface area contributed by atoms with Crippen LogP contribution in [-0.2, 0) is 6.54 Å². The minimum Gasteiger partial charge on any atom is -0.301 e. The third-order valence-electron chi connectivity index (χ3n) is 4.07. The molecule has 0 aliphatic heterocycles. The molecule has 7 heteroatoms. The Morgan fingerprint density at radius 1 is 1.24 bits per heavy atom. The number of hydrogen-bond donors (Lipinski definition) is 0. The van der Waals surface area contributed by atoms with Crippen molar-refractivity contribution in [2.24, 2.45) is 0 Å². The first-order chi connectivity index (χ1) is 12.2. The SMILES string of the molecule is O=C(CSc1nnc(C2CC2)n1Cc1ccccc1)c1sccc1Br. The molecule has 0 saturated heterocycles. The van der Waals surface area contributed by atoms with Gasteiger partial charge in [-0.15, -0.1) is 21.5 Å². The molecule has 1 aliphatic carbocycles. The number of nitrogens with zero attached hydrogens (tertiary/aromatic N) is 3. The summed E-state index contributed by atoms with van der Waals surface area (Å²) < 4.78 is 3.04. The maximum atomic E-state index is 12.4. The first kappa shape index (κ1) is 17.0. The molecule has 1 saturated carbocycles. The van der Waals surface area contributed by atoms with Crippen LogP contribution in [0.1, 0.15) is 39.8 Å². The zero-order valence-corrected chi connectivity index (χ0v) is 16.6. The number of thiophene rings is 1. The van der Waals surface area contributed by atoms with Crippen molar-refractivity contribution in [2.45, 2.75) is 30.5 Å². The van der Waals surface area contributed by atoms with E-state index in [1.54, 1.807) is 0 Å². The Kier molecular flexibility index (Phi) is 5.05. The summed E-state index contributed by atoms with van der Waals surface area (Å²) >= 11 is 6.37. The number of aromatic nitrogens is 3. The van der Waals surface area contributed by atoms with E-state index >= 15 is 0 Å². The largest absolute Gasteiger partial charge is 0.301 e. The maximum Gasteiger partial charge on any atom is 0.191 e. The first-order valence-corrected chi connectivity index (χ1v) is 10.7. The highest BCUT2D eigenvalue weighted by Crippen LogP contribution is 2.40. The van der Waals surface area contributed by atoms with Gasteiger partial charge in [0.25, 0.3) is 0 Å². The van der Waals surface area contributed by atoms with E-state index in [0.717, 1.165) is 26.9 Å². The van der Waals surface area contributed by atoms with Crippen molar-refractivity contribution in [1.82, 2.24) is 14.8 Å². The van der Waals surface area contributed by atoms with E-state index in [-0.39, 0.29) is 5.78 Å². The number of carbonyl (C=O) groups is 1. The topological polar surface area (TPSA) is 47.8 Å². The van der Waals surface area contributed by atoms with Gasteiger partial charge in [0.05, 0.1) is 17.2 Å². The second-order valence-electron chi connectivity index (χ2n) is 6.00. The fourth-order valence-electron chi connectivity index (χ4n) is 2.65. The van der Waals surface area contributed by atoms with Crippen LogP contribution in [0.15, 0.2) is 51.4 Å². The Morgan fingerprint density at radius 2 is 2.04 bits per heavy atom. The number of hydrogen-bond acceptors (Lipinski definition) is 5. The summed E-state index contributed by atoms with van der Waals surface area (Å²) in [5.41, 5.74) is 1.22. The molecular formula is C18H16BrN3OS2. The fourth-order valence-corrected chi connectivity index (χ4v) is 5.09. The van der Waals surface area contributed by atoms with Gasteiger partial charge in [0.2, 0.25) is 0 Å². The van der Waals surface area contributed by atoms with Crippen LogP contribution >= 0.6 is 39.0 Å². The Hall–Kier alpha value is -1.44. The Bertz CT molecular complexity index is 887. The average molecular weight is 434 g/mol. The molecule has 128 valence electrons. The minimum atomic E-state index is 0.120. The second kappa shape index (κ2) is 7.43. The van der Waals surface area contributed by atoms with E-state index in [9.17, 15) is 4.79 Å². The molecule has 1 aromatic carbocycles. The average Bonchev–Trinajstić information content (AvgIpc) is 3.26. The van der Waals surface area contributed by atoms with Crippen molar-refractivity contribution >= 4 is 44.8 Å². The smallest absolute Gasteiger partial charge is 0.191 e. The number of halogens is 1. The van der Waals surface area contributed by atoms with Gasteiger partial charge in [0, 0.05) is 10.4 Å². The Balaban J connectivity index is 1.53. The zero-order chi connectivity index (χ0) is 17.2. The molecule has 0 unspecified atom stereocenters. The van der Waals surface area contributed by atoms with Crippen LogP contribution in [0.4, 0.5) is 0 Å². The van der Waals surface area contributed by atoms with Gasteiger partial charge in [-0.25, -0.2) is 0 Å². The third kappa shape index (κ3) is 3.88. The van der Waals surface area contributed by atoms with Crippen molar-refractivity contribution in [3.8, 4) is 0 Å².